The van der Waals surface area contributed by atoms with Gasteiger partial charge in [-0.3, -0.25) is 0 Å². The SMILES string of the molecule is CCc1ccccc1Nc1nccc(N2CCC(C)CC2)n1. The molecule has 2 heterocycles. The fourth-order valence-corrected chi connectivity index (χ4v) is 2.89. The molecule has 116 valence electrons. The summed E-state index contributed by atoms with van der Waals surface area (Å²) in [6, 6.07) is 10.3. The molecular weight excluding hydrogens is 272 g/mol. The predicted molar refractivity (Wildman–Crippen MR) is 91.7 cm³/mol. The van der Waals surface area contributed by atoms with Crippen LogP contribution in [0.25, 0.3) is 0 Å². The van der Waals surface area contributed by atoms with Crippen molar-refractivity contribution < 1.29 is 0 Å². The largest absolute Gasteiger partial charge is 0.356 e. The Hall–Kier alpha value is -2.10. The molecule has 22 heavy (non-hydrogen) atoms. The van der Waals surface area contributed by atoms with Gasteiger partial charge in [-0.1, -0.05) is 32.0 Å². The quantitative estimate of drug-likeness (QED) is 0.925. The summed E-state index contributed by atoms with van der Waals surface area (Å²) in [5.41, 5.74) is 2.37. The molecule has 1 N–H and O–H groups in total. The molecule has 0 atom stereocenters. The lowest BCUT2D eigenvalue weighted by Gasteiger charge is -2.31. The van der Waals surface area contributed by atoms with Crippen molar-refractivity contribution in [3.05, 3.63) is 42.1 Å². The number of benzene rings is 1. The molecule has 3 rings (SSSR count). The normalized spacial score (nSPS) is 15.8. The first-order chi connectivity index (χ1) is 10.8. The van der Waals surface area contributed by atoms with Crippen LogP contribution < -0.4 is 10.2 Å². The number of piperidine rings is 1. The lowest BCUT2D eigenvalue weighted by molar-refractivity contribution is 0.436. The molecule has 0 saturated carbocycles. The molecule has 1 saturated heterocycles. The van der Waals surface area contributed by atoms with Crippen LogP contribution in [0, 0.1) is 5.92 Å². The second kappa shape index (κ2) is 6.77. The Labute approximate surface area is 132 Å². The molecule has 0 radical (unpaired) electrons. The second-order valence-electron chi connectivity index (χ2n) is 6.04. The van der Waals surface area contributed by atoms with Gasteiger partial charge >= 0.3 is 0 Å². The topological polar surface area (TPSA) is 41.1 Å². The van der Waals surface area contributed by atoms with Gasteiger partial charge in [0.25, 0.3) is 0 Å². The number of rotatable bonds is 4. The van der Waals surface area contributed by atoms with Crippen LogP contribution in [-0.4, -0.2) is 23.1 Å². The van der Waals surface area contributed by atoms with E-state index in [9.17, 15) is 0 Å². The smallest absolute Gasteiger partial charge is 0.229 e. The van der Waals surface area contributed by atoms with Crippen LogP contribution in [0.5, 0.6) is 0 Å². The van der Waals surface area contributed by atoms with E-state index in [2.05, 4.69) is 47.2 Å². The third-order valence-corrected chi connectivity index (χ3v) is 4.39. The van der Waals surface area contributed by atoms with E-state index in [1.165, 1.54) is 18.4 Å². The van der Waals surface area contributed by atoms with E-state index in [0.717, 1.165) is 36.9 Å². The minimum Gasteiger partial charge on any atom is -0.356 e. The second-order valence-corrected chi connectivity index (χ2v) is 6.04. The fraction of sp³-hybridized carbons (Fsp3) is 0.444. The summed E-state index contributed by atoms with van der Waals surface area (Å²) in [6.45, 7) is 6.66. The fourth-order valence-electron chi connectivity index (χ4n) is 2.89. The van der Waals surface area contributed by atoms with Crippen LogP contribution in [0.4, 0.5) is 17.5 Å². The van der Waals surface area contributed by atoms with Gasteiger partial charge in [-0.25, -0.2) is 4.98 Å². The summed E-state index contributed by atoms with van der Waals surface area (Å²) in [5.74, 6) is 2.53. The average Bonchev–Trinajstić information content (AvgIpc) is 2.56. The number of anilines is 3. The van der Waals surface area contributed by atoms with Gasteiger partial charge in [-0.15, -0.1) is 0 Å². The molecule has 0 spiro atoms. The third-order valence-electron chi connectivity index (χ3n) is 4.39. The van der Waals surface area contributed by atoms with E-state index >= 15 is 0 Å². The summed E-state index contributed by atoms with van der Waals surface area (Å²) in [6.07, 6.45) is 5.32. The first-order valence-corrected chi connectivity index (χ1v) is 8.19. The highest BCUT2D eigenvalue weighted by Gasteiger charge is 2.17. The van der Waals surface area contributed by atoms with Crippen LogP contribution in [0.3, 0.4) is 0 Å². The Morgan fingerprint density at radius 1 is 1.18 bits per heavy atom. The molecule has 2 aromatic rings. The number of aromatic nitrogens is 2. The Morgan fingerprint density at radius 3 is 2.73 bits per heavy atom. The zero-order valence-corrected chi connectivity index (χ0v) is 13.4. The molecule has 1 fully saturated rings. The highest BCUT2D eigenvalue weighted by molar-refractivity contribution is 5.59. The van der Waals surface area contributed by atoms with Gasteiger partial charge in [0.05, 0.1) is 0 Å². The maximum atomic E-state index is 4.70. The van der Waals surface area contributed by atoms with E-state index in [0.29, 0.717) is 5.95 Å². The van der Waals surface area contributed by atoms with Crippen molar-refractivity contribution in [3.63, 3.8) is 0 Å². The molecule has 0 bridgehead atoms. The summed E-state index contributed by atoms with van der Waals surface area (Å²) in [7, 11) is 0. The molecule has 1 aromatic carbocycles. The average molecular weight is 296 g/mol. The monoisotopic (exact) mass is 296 g/mol. The van der Waals surface area contributed by atoms with Crippen LogP contribution in [0.15, 0.2) is 36.5 Å². The van der Waals surface area contributed by atoms with Crippen LogP contribution in [-0.2, 0) is 6.42 Å². The van der Waals surface area contributed by atoms with Gasteiger partial charge in [0.15, 0.2) is 0 Å². The molecule has 4 heteroatoms. The molecule has 4 nitrogen and oxygen atoms in total. The van der Waals surface area contributed by atoms with Crippen LogP contribution >= 0.6 is 0 Å². The van der Waals surface area contributed by atoms with Gasteiger partial charge < -0.3 is 10.2 Å². The van der Waals surface area contributed by atoms with Gasteiger partial charge in [-0.05, 0) is 42.9 Å². The Bertz CT molecular complexity index is 618. The van der Waals surface area contributed by atoms with Crippen molar-refractivity contribution in [2.75, 3.05) is 23.3 Å². The van der Waals surface area contributed by atoms with Crippen molar-refractivity contribution in [2.24, 2.45) is 5.92 Å². The van der Waals surface area contributed by atoms with Gasteiger partial charge in [0, 0.05) is 25.0 Å². The standard InChI is InChI=1S/C18H24N4/c1-3-15-6-4-5-7-16(15)20-18-19-11-8-17(21-18)22-12-9-14(2)10-13-22/h4-8,11,14H,3,9-10,12-13H2,1-2H3,(H,19,20,21). The molecule has 1 aliphatic heterocycles. The van der Waals surface area contributed by atoms with Crippen molar-refractivity contribution in [2.45, 2.75) is 33.1 Å². The van der Waals surface area contributed by atoms with Gasteiger partial charge in [0.2, 0.25) is 5.95 Å². The van der Waals surface area contributed by atoms with Crippen molar-refractivity contribution in [3.8, 4) is 0 Å². The number of nitrogens with zero attached hydrogens (tertiary/aromatic N) is 3. The molecule has 0 unspecified atom stereocenters. The third kappa shape index (κ3) is 3.38. The minimum absolute atomic E-state index is 0.678. The predicted octanol–water partition coefficient (Wildman–Crippen LogP) is 4.02. The van der Waals surface area contributed by atoms with E-state index in [4.69, 9.17) is 4.98 Å². The zero-order chi connectivity index (χ0) is 15.4. The van der Waals surface area contributed by atoms with Gasteiger partial charge in [-0.2, -0.15) is 4.98 Å². The van der Waals surface area contributed by atoms with Gasteiger partial charge in [0.1, 0.15) is 5.82 Å². The number of hydrogen-bond acceptors (Lipinski definition) is 4. The molecule has 0 amide bonds. The summed E-state index contributed by atoms with van der Waals surface area (Å²) in [5, 5.41) is 3.36. The first-order valence-electron chi connectivity index (χ1n) is 8.19. The zero-order valence-electron chi connectivity index (χ0n) is 13.4. The van der Waals surface area contributed by atoms with E-state index in [1.807, 2.05) is 18.3 Å². The number of nitrogens with one attached hydrogen (secondary N) is 1. The molecule has 1 aromatic heterocycles. The van der Waals surface area contributed by atoms with Crippen molar-refractivity contribution in [1.82, 2.24) is 9.97 Å². The maximum absolute atomic E-state index is 4.70. The Morgan fingerprint density at radius 2 is 1.95 bits per heavy atom. The molecular formula is C18H24N4. The Balaban J connectivity index is 1.76. The molecule has 0 aliphatic carbocycles. The highest BCUT2D eigenvalue weighted by Crippen LogP contribution is 2.23. The van der Waals surface area contributed by atoms with E-state index in [-0.39, 0.29) is 0 Å². The first kappa shape index (κ1) is 14.8. The maximum Gasteiger partial charge on any atom is 0.229 e. The van der Waals surface area contributed by atoms with Crippen LogP contribution in [0.1, 0.15) is 32.3 Å². The summed E-state index contributed by atoms with van der Waals surface area (Å²) in [4.78, 5) is 11.4. The number of hydrogen-bond donors (Lipinski definition) is 1. The summed E-state index contributed by atoms with van der Waals surface area (Å²) >= 11 is 0. The lowest BCUT2D eigenvalue weighted by Crippen LogP contribution is -2.33. The van der Waals surface area contributed by atoms with E-state index < -0.39 is 0 Å². The molecule has 1 aliphatic rings. The highest BCUT2D eigenvalue weighted by atomic mass is 15.2. The Kier molecular flexibility index (Phi) is 4.56. The summed E-state index contributed by atoms with van der Waals surface area (Å²) < 4.78 is 0. The van der Waals surface area contributed by atoms with Crippen molar-refractivity contribution >= 4 is 17.5 Å². The minimum atomic E-state index is 0.678. The van der Waals surface area contributed by atoms with Crippen LogP contribution in [0.2, 0.25) is 0 Å². The number of aryl methyl sites for hydroxylation is 1. The number of para-hydroxylation sites is 1. The van der Waals surface area contributed by atoms with E-state index in [1.54, 1.807) is 0 Å². The van der Waals surface area contributed by atoms with Crippen molar-refractivity contribution in [1.29, 1.82) is 0 Å². The lowest BCUT2D eigenvalue weighted by atomic mass is 9.99.